The standard InChI is InChI=1S/C21H28O2Si/c1-16(2)17-14-20(22-3)19(21(15-17)23-4)12-13-24(5,6)18-10-8-7-9-11-18/h7-16H,1-6H3/b13-12+. The van der Waals surface area contributed by atoms with Gasteiger partial charge in [0.25, 0.3) is 0 Å². The Hall–Kier alpha value is -2.00. The molecule has 0 N–H and O–H groups in total. The Morgan fingerprint density at radius 2 is 1.46 bits per heavy atom. The van der Waals surface area contributed by atoms with E-state index in [1.165, 1.54) is 10.8 Å². The molecule has 3 heteroatoms. The minimum atomic E-state index is -1.66. The molecule has 0 aliphatic carbocycles. The zero-order chi connectivity index (χ0) is 17.7. The van der Waals surface area contributed by atoms with Crippen LogP contribution < -0.4 is 14.7 Å². The van der Waals surface area contributed by atoms with Crippen molar-refractivity contribution in [1.29, 1.82) is 0 Å². The molecule has 0 saturated heterocycles. The molecule has 0 heterocycles. The summed E-state index contributed by atoms with van der Waals surface area (Å²) in [6.07, 6.45) is 2.17. The third kappa shape index (κ3) is 4.09. The molecule has 0 saturated carbocycles. The van der Waals surface area contributed by atoms with Crippen LogP contribution in [0.25, 0.3) is 6.08 Å². The lowest BCUT2D eigenvalue weighted by atomic mass is 10.00. The summed E-state index contributed by atoms with van der Waals surface area (Å²) >= 11 is 0. The van der Waals surface area contributed by atoms with Crippen LogP contribution in [0.3, 0.4) is 0 Å². The Balaban J connectivity index is 2.44. The highest BCUT2D eigenvalue weighted by atomic mass is 28.3. The maximum Gasteiger partial charge on any atom is 0.130 e. The van der Waals surface area contributed by atoms with Crippen LogP contribution in [-0.2, 0) is 0 Å². The molecule has 2 aromatic carbocycles. The number of hydrogen-bond acceptors (Lipinski definition) is 2. The van der Waals surface area contributed by atoms with Crippen molar-refractivity contribution < 1.29 is 9.47 Å². The molecule has 2 rings (SSSR count). The van der Waals surface area contributed by atoms with E-state index >= 15 is 0 Å². The summed E-state index contributed by atoms with van der Waals surface area (Å²) in [6.45, 7) is 9.05. The summed E-state index contributed by atoms with van der Waals surface area (Å²) < 4.78 is 11.3. The number of methoxy groups -OCH3 is 2. The third-order valence-electron chi connectivity index (χ3n) is 4.42. The summed E-state index contributed by atoms with van der Waals surface area (Å²) in [4.78, 5) is 0. The summed E-state index contributed by atoms with van der Waals surface area (Å²) in [5.41, 5.74) is 4.58. The van der Waals surface area contributed by atoms with E-state index in [1.54, 1.807) is 14.2 Å². The second-order valence-corrected chi connectivity index (χ2v) is 11.3. The van der Waals surface area contributed by atoms with E-state index in [0.717, 1.165) is 17.1 Å². The van der Waals surface area contributed by atoms with Crippen molar-refractivity contribution >= 4 is 19.3 Å². The van der Waals surface area contributed by atoms with E-state index in [9.17, 15) is 0 Å². The minimum absolute atomic E-state index is 0.431. The van der Waals surface area contributed by atoms with Gasteiger partial charge in [-0.1, -0.05) is 74.2 Å². The van der Waals surface area contributed by atoms with E-state index in [1.807, 2.05) is 0 Å². The van der Waals surface area contributed by atoms with Crippen LogP contribution >= 0.6 is 0 Å². The van der Waals surface area contributed by atoms with E-state index in [-0.39, 0.29) is 0 Å². The quantitative estimate of drug-likeness (QED) is 0.689. The van der Waals surface area contributed by atoms with Crippen LogP contribution in [0.5, 0.6) is 11.5 Å². The fourth-order valence-electron chi connectivity index (χ4n) is 2.71. The predicted molar refractivity (Wildman–Crippen MR) is 106 cm³/mol. The molecule has 0 radical (unpaired) electrons. The lowest BCUT2D eigenvalue weighted by Crippen LogP contribution is -2.39. The molecule has 0 fully saturated rings. The Bertz CT molecular complexity index is 678. The summed E-state index contributed by atoms with van der Waals surface area (Å²) in [6, 6.07) is 14.9. The normalized spacial score (nSPS) is 12.0. The van der Waals surface area contributed by atoms with Crippen LogP contribution in [0.1, 0.15) is 30.9 Å². The van der Waals surface area contributed by atoms with Gasteiger partial charge in [0.15, 0.2) is 0 Å². The van der Waals surface area contributed by atoms with Crippen LogP contribution in [0, 0.1) is 0 Å². The van der Waals surface area contributed by atoms with Gasteiger partial charge in [0.2, 0.25) is 0 Å². The molecule has 0 unspecified atom stereocenters. The van der Waals surface area contributed by atoms with Crippen molar-refractivity contribution in [2.24, 2.45) is 0 Å². The zero-order valence-electron chi connectivity index (χ0n) is 15.6. The molecular formula is C21H28O2Si. The van der Waals surface area contributed by atoms with Crippen molar-refractivity contribution in [3.63, 3.8) is 0 Å². The zero-order valence-corrected chi connectivity index (χ0v) is 16.6. The first-order chi connectivity index (χ1) is 11.4. The van der Waals surface area contributed by atoms with Gasteiger partial charge in [0.1, 0.15) is 19.6 Å². The van der Waals surface area contributed by atoms with Gasteiger partial charge in [-0.05, 0) is 23.6 Å². The Kier molecular flexibility index (Phi) is 5.89. The summed E-state index contributed by atoms with van der Waals surface area (Å²) in [5.74, 6) is 2.17. The van der Waals surface area contributed by atoms with Crippen LogP contribution in [0.2, 0.25) is 13.1 Å². The molecule has 0 aliphatic rings. The first-order valence-electron chi connectivity index (χ1n) is 8.39. The molecule has 2 nitrogen and oxygen atoms in total. The monoisotopic (exact) mass is 340 g/mol. The van der Waals surface area contributed by atoms with Gasteiger partial charge < -0.3 is 9.47 Å². The fraction of sp³-hybridized carbons (Fsp3) is 0.333. The van der Waals surface area contributed by atoms with E-state index in [0.29, 0.717) is 5.92 Å². The highest BCUT2D eigenvalue weighted by molar-refractivity contribution is 6.94. The molecule has 24 heavy (non-hydrogen) atoms. The Morgan fingerprint density at radius 3 is 1.92 bits per heavy atom. The highest BCUT2D eigenvalue weighted by Gasteiger charge is 2.20. The number of rotatable bonds is 6. The molecule has 0 aliphatic heterocycles. The second kappa shape index (κ2) is 7.71. The number of benzene rings is 2. The minimum Gasteiger partial charge on any atom is -0.496 e. The summed E-state index contributed by atoms with van der Waals surface area (Å²) in [5, 5.41) is 1.41. The average Bonchev–Trinajstić information content (AvgIpc) is 2.59. The molecule has 0 amide bonds. The van der Waals surface area contributed by atoms with Crippen molar-refractivity contribution in [1.82, 2.24) is 0 Å². The maximum atomic E-state index is 5.63. The first kappa shape index (κ1) is 18.3. The maximum absolute atomic E-state index is 5.63. The smallest absolute Gasteiger partial charge is 0.130 e. The lowest BCUT2D eigenvalue weighted by Gasteiger charge is -2.19. The van der Waals surface area contributed by atoms with E-state index in [4.69, 9.17) is 9.47 Å². The van der Waals surface area contributed by atoms with Gasteiger partial charge >= 0.3 is 0 Å². The lowest BCUT2D eigenvalue weighted by molar-refractivity contribution is 0.391. The van der Waals surface area contributed by atoms with Gasteiger partial charge in [0, 0.05) is 0 Å². The highest BCUT2D eigenvalue weighted by Crippen LogP contribution is 2.34. The summed E-state index contributed by atoms with van der Waals surface area (Å²) in [7, 11) is 1.78. The van der Waals surface area contributed by atoms with E-state index < -0.39 is 8.07 Å². The van der Waals surface area contributed by atoms with Gasteiger partial charge in [-0.25, -0.2) is 0 Å². The predicted octanol–water partition coefficient (Wildman–Crippen LogP) is 5.00. The SMILES string of the molecule is COc1cc(C(C)C)cc(OC)c1/C=C/[Si](C)(C)c1ccccc1. The third-order valence-corrected chi connectivity index (χ3v) is 7.24. The second-order valence-electron chi connectivity index (χ2n) is 6.91. The van der Waals surface area contributed by atoms with Crippen molar-refractivity contribution in [2.45, 2.75) is 32.9 Å². The van der Waals surface area contributed by atoms with Gasteiger partial charge in [-0.3, -0.25) is 0 Å². The molecule has 0 bridgehead atoms. The fourth-order valence-corrected chi connectivity index (χ4v) is 4.54. The van der Waals surface area contributed by atoms with Gasteiger partial charge in [0.05, 0.1) is 19.8 Å². The van der Waals surface area contributed by atoms with Crippen LogP contribution in [0.15, 0.2) is 48.2 Å². The van der Waals surface area contributed by atoms with E-state index in [2.05, 4.69) is 81.2 Å². The topological polar surface area (TPSA) is 18.5 Å². The molecule has 0 spiro atoms. The molecule has 2 aromatic rings. The first-order valence-corrected chi connectivity index (χ1v) is 11.5. The Labute approximate surface area is 147 Å². The van der Waals surface area contributed by atoms with Crippen molar-refractivity contribution in [3.8, 4) is 11.5 Å². The Morgan fingerprint density at radius 1 is 0.917 bits per heavy atom. The van der Waals surface area contributed by atoms with Crippen LogP contribution in [-0.4, -0.2) is 22.3 Å². The van der Waals surface area contributed by atoms with Crippen molar-refractivity contribution in [2.75, 3.05) is 14.2 Å². The molecule has 0 atom stereocenters. The number of hydrogen-bond donors (Lipinski definition) is 0. The molecule has 128 valence electrons. The molecule has 0 aromatic heterocycles. The average molecular weight is 341 g/mol. The van der Waals surface area contributed by atoms with Gasteiger partial charge in [-0.2, -0.15) is 0 Å². The number of ether oxygens (including phenoxy) is 2. The largest absolute Gasteiger partial charge is 0.496 e. The van der Waals surface area contributed by atoms with Crippen molar-refractivity contribution in [3.05, 3.63) is 59.3 Å². The molecular weight excluding hydrogens is 312 g/mol. The van der Waals surface area contributed by atoms with Crippen LogP contribution in [0.4, 0.5) is 0 Å². The van der Waals surface area contributed by atoms with Gasteiger partial charge in [-0.15, -0.1) is 0 Å².